The van der Waals surface area contributed by atoms with Crippen LogP contribution in [0.2, 0.25) is 0 Å². The van der Waals surface area contributed by atoms with Crippen LogP contribution < -0.4 is 9.47 Å². The number of rotatable bonds is 4. The van der Waals surface area contributed by atoms with E-state index in [4.69, 9.17) is 9.47 Å². The van der Waals surface area contributed by atoms with Crippen molar-refractivity contribution in [3.05, 3.63) is 23.3 Å². The van der Waals surface area contributed by atoms with E-state index in [1.54, 1.807) is 0 Å². The molecule has 0 saturated carbocycles. The van der Waals surface area contributed by atoms with Crippen molar-refractivity contribution in [3.8, 4) is 11.5 Å². The van der Waals surface area contributed by atoms with Crippen LogP contribution in [0.5, 0.6) is 11.5 Å². The van der Waals surface area contributed by atoms with Crippen LogP contribution in [0.1, 0.15) is 22.8 Å². The Balaban J connectivity index is 3.52. The van der Waals surface area contributed by atoms with E-state index >= 15 is 0 Å². The topological polar surface area (TPSA) is 44.8 Å². The standard InChI is InChI=1S/C12H13F3O4/c1-4-19-11(16)7-5-6-8(17-2)10(18-3)9(7)12(13,14)15/h5-6H,4H2,1-3H3. The highest BCUT2D eigenvalue weighted by Crippen LogP contribution is 2.43. The number of halogens is 3. The van der Waals surface area contributed by atoms with E-state index in [1.807, 2.05) is 0 Å². The van der Waals surface area contributed by atoms with Crippen molar-refractivity contribution in [3.63, 3.8) is 0 Å². The van der Waals surface area contributed by atoms with Gasteiger partial charge in [-0.25, -0.2) is 4.79 Å². The van der Waals surface area contributed by atoms with Crippen molar-refractivity contribution < 1.29 is 32.2 Å². The third-order valence-corrected chi connectivity index (χ3v) is 2.32. The fraction of sp³-hybridized carbons (Fsp3) is 0.417. The molecule has 7 heteroatoms. The average molecular weight is 278 g/mol. The van der Waals surface area contributed by atoms with Crippen molar-refractivity contribution in [1.29, 1.82) is 0 Å². The van der Waals surface area contributed by atoms with Crippen LogP contribution in [0.25, 0.3) is 0 Å². The van der Waals surface area contributed by atoms with Crippen LogP contribution in [0.3, 0.4) is 0 Å². The highest BCUT2D eigenvalue weighted by Gasteiger charge is 2.40. The van der Waals surface area contributed by atoms with Gasteiger partial charge in [0.05, 0.1) is 26.4 Å². The molecule has 0 aromatic heterocycles. The summed E-state index contributed by atoms with van der Waals surface area (Å²) in [4.78, 5) is 11.6. The largest absolute Gasteiger partial charge is 0.493 e. The minimum atomic E-state index is -4.76. The minimum absolute atomic E-state index is 0.0233. The molecule has 0 N–H and O–H groups in total. The zero-order valence-corrected chi connectivity index (χ0v) is 10.6. The fourth-order valence-corrected chi connectivity index (χ4v) is 1.59. The molecule has 0 fully saturated rings. The lowest BCUT2D eigenvalue weighted by atomic mass is 10.0. The average Bonchev–Trinajstić information content (AvgIpc) is 2.35. The number of benzene rings is 1. The van der Waals surface area contributed by atoms with Crippen LogP contribution in [-0.4, -0.2) is 26.8 Å². The third-order valence-electron chi connectivity index (χ3n) is 2.32. The van der Waals surface area contributed by atoms with Gasteiger partial charge < -0.3 is 14.2 Å². The number of methoxy groups -OCH3 is 2. The highest BCUT2D eigenvalue weighted by molar-refractivity contribution is 5.92. The van der Waals surface area contributed by atoms with Crippen LogP contribution in [-0.2, 0) is 10.9 Å². The van der Waals surface area contributed by atoms with Crippen LogP contribution in [0.4, 0.5) is 13.2 Å². The molecule has 4 nitrogen and oxygen atoms in total. The van der Waals surface area contributed by atoms with Gasteiger partial charge in [-0.2, -0.15) is 13.2 Å². The lowest BCUT2D eigenvalue weighted by Crippen LogP contribution is -2.17. The van der Waals surface area contributed by atoms with Crippen molar-refractivity contribution in [2.45, 2.75) is 13.1 Å². The first-order valence-corrected chi connectivity index (χ1v) is 5.36. The predicted octanol–water partition coefficient (Wildman–Crippen LogP) is 2.90. The van der Waals surface area contributed by atoms with E-state index in [9.17, 15) is 18.0 Å². The molecule has 0 amide bonds. The van der Waals surface area contributed by atoms with Crippen molar-refractivity contribution in [2.75, 3.05) is 20.8 Å². The summed E-state index contributed by atoms with van der Waals surface area (Å²) in [5.74, 6) is -1.71. The van der Waals surface area contributed by atoms with Crippen molar-refractivity contribution in [2.24, 2.45) is 0 Å². The molecule has 0 bridgehead atoms. The van der Waals surface area contributed by atoms with Crippen molar-refractivity contribution >= 4 is 5.97 Å². The van der Waals surface area contributed by atoms with Gasteiger partial charge in [0.25, 0.3) is 0 Å². The first-order valence-electron chi connectivity index (χ1n) is 5.36. The summed E-state index contributed by atoms with van der Waals surface area (Å²) in [7, 11) is 2.28. The third kappa shape index (κ3) is 3.10. The van der Waals surface area contributed by atoms with Gasteiger partial charge in [-0.15, -0.1) is 0 Å². The number of hydrogen-bond acceptors (Lipinski definition) is 4. The lowest BCUT2D eigenvalue weighted by molar-refractivity contribution is -0.139. The first kappa shape index (κ1) is 15.1. The van der Waals surface area contributed by atoms with Gasteiger partial charge in [-0.1, -0.05) is 0 Å². The van der Waals surface area contributed by atoms with Gasteiger partial charge in [-0.05, 0) is 19.1 Å². The van der Waals surface area contributed by atoms with Gasteiger partial charge in [0, 0.05) is 0 Å². The molecule has 0 heterocycles. The van der Waals surface area contributed by atoms with Crippen LogP contribution in [0.15, 0.2) is 12.1 Å². The van der Waals surface area contributed by atoms with E-state index in [2.05, 4.69) is 4.74 Å². The molecule has 1 aromatic carbocycles. The molecular weight excluding hydrogens is 265 g/mol. The summed E-state index contributed by atoms with van der Waals surface area (Å²) >= 11 is 0. The monoisotopic (exact) mass is 278 g/mol. The Morgan fingerprint density at radius 2 is 1.84 bits per heavy atom. The molecule has 0 spiro atoms. The maximum Gasteiger partial charge on any atom is 0.420 e. The van der Waals surface area contributed by atoms with Crippen molar-refractivity contribution in [1.82, 2.24) is 0 Å². The first-order chi connectivity index (χ1) is 8.86. The Labute approximate surface area is 108 Å². The van der Waals surface area contributed by atoms with Gasteiger partial charge in [0.1, 0.15) is 5.56 Å². The van der Waals surface area contributed by atoms with Gasteiger partial charge in [0.2, 0.25) is 0 Å². The summed E-state index contributed by atoms with van der Waals surface area (Å²) in [6, 6.07) is 2.22. The summed E-state index contributed by atoms with van der Waals surface area (Å²) < 4.78 is 53.3. The molecule has 1 aromatic rings. The maximum atomic E-state index is 13.1. The maximum absolute atomic E-state index is 13.1. The van der Waals surface area contributed by atoms with Gasteiger partial charge >= 0.3 is 12.1 Å². The van der Waals surface area contributed by atoms with Crippen LogP contribution in [0, 0.1) is 0 Å². The summed E-state index contributed by atoms with van der Waals surface area (Å²) in [6.07, 6.45) is -4.76. The number of carbonyl (C=O) groups excluding carboxylic acids is 1. The quantitative estimate of drug-likeness (QED) is 0.794. The Kier molecular flexibility index (Phi) is 4.63. The van der Waals surface area contributed by atoms with E-state index in [1.165, 1.54) is 20.1 Å². The molecule has 106 valence electrons. The second kappa shape index (κ2) is 5.81. The van der Waals surface area contributed by atoms with Gasteiger partial charge in [0.15, 0.2) is 11.5 Å². The molecule has 0 atom stereocenters. The Hall–Kier alpha value is -1.92. The normalized spacial score (nSPS) is 11.1. The van der Waals surface area contributed by atoms with Crippen LogP contribution >= 0.6 is 0 Å². The van der Waals surface area contributed by atoms with E-state index in [0.717, 1.165) is 13.2 Å². The summed E-state index contributed by atoms with van der Waals surface area (Å²) in [6.45, 7) is 1.48. The van der Waals surface area contributed by atoms with E-state index in [-0.39, 0.29) is 12.4 Å². The predicted molar refractivity (Wildman–Crippen MR) is 60.5 cm³/mol. The zero-order valence-electron chi connectivity index (χ0n) is 10.6. The molecule has 1 rings (SSSR count). The fourth-order valence-electron chi connectivity index (χ4n) is 1.59. The Morgan fingerprint density at radius 3 is 2.26 bits per heavy atom. The second-order valence-electron chi connectivity index (χ2n) is 3.44. The Bertz CT molecular complexity index is 469. The van der Waals surface area contributed by atoms with E-state index < -0.39 is 29.0 Å². The summed E-state index contributed by atoms with van der Waals surface area (Å²) in [5.41, 5.74) is -1.81. The number of hydrogen-bond donors (Lipinski definition) is 0. The van der Waals surface area contributed by atoms with E-state index in [0.29, 0.717) is 0 Å². The highest BCUT2D eigenvalue weighted by atomic mass is 19.4. The molecule has 0 radical (unpaired) electrons. The molecular formula is C12H13F3O4. The van der Waals surface area contributed by atoms with Gasteiger partial charge in [-0.3, -0.25) is 0 Å². The molecule has 0 unspecified atom stereocenters. The molecule has 0 saturated heterocycles. The second-order valence-corrected chi connectivity index (χ2v) is 3.44. The number of esters is 1. The number of alkyl halides is 3. The minimum Gasteiger partial charge on any atom is -0.493 e. The molecule has 0 aliphatic carbocycles. The molecule has 19 heavy (non-hydrogen) atoms. The molecule has 0 aliphatic rings. The SMILES string of the molecule is CCOC(=O)c1ccc(OC)c(OC)c1C(F)(F)F. The summed E-state index contributed by atoms with van der Waals surface area (Å²) in [5, 5.41) is 0. The lowest BCUT2D eigenvalue weighted by Gasteiger charge is -2.18. The smallest absolute Gasteiger partial charge is 0.420 e. The number of carbonyl (C=O) groups is 1. The molecule has 0 aliphatic heterocycles. The Morgan fingerprint density at radius 1 is 1.21 bits per heavy atom. The zero-order chi connectivity index (χ0) is 14.6. The number of ether oxygens (including phenoxy) is 3.